The number of aromatic nitrogens is 1. The number of carbonyl (C=O) groups is 1. The van der Waals surface area contributed by atoms with Gasteiger partial charge >= 0.3 is 5.97 Å². The average Bonchev–Trinajstić information content (AvgIpc) is 2.75. The summed E-state index contributed by atoms with van der Waals surface area (Å²) < 4.78 is 1.51. The van der Waals surface area contributed by atoms with Crippen LogP contribution in [0.15, 0.2) is 88.6 Å². The maximum absolute atomic E-state index is 13.4. The van der Waals surface area contributed by atoms with E-state index in [2.05, 4.69) is 4.99 Å². The smallest absolute Gasteiger partial charge is 0.335 e. The van der Waals surface area contributed by atoms with Gasteiger partial charge < -0.3 is 10.2 Å². The van der Waals surface area contributed by atoms with E-state index in [9.17, 15) is 14.7 Å². The number of rotatable bonds is 4. The lowest BCUT2D eigenvalue weighted by Gasteiger charge is -2.20. The quantitative estimate of drug-likeness (QED) is 0.528. The maximum Gasteiger partial charge on any atom is 0.335 e. The molecule has 3 aromatic carbocycles. The van der Waals surface area contributed by atoms with Gasteiger partial charge in [-0.25, -0.2) is 4.79 Å². The lowest BCUT2D eigenvalue weighted by atomic mass is 10.1. The molecule has 4 aromatic rings. The first-order chi connectivity index (χ1) is 14.5. The zero-order valence-corrected chi connectivity index (χ0v) is 16.1. The largest absolute Gasteiger partial charge is 0.871 e. The SMILES string of the molecule is CC(=Nc1ccc(C(=O)O)cc1)c1c([O-])c2ccccc2n(-c2ccccc2)c1=O. The van der Waals surface area contributed by atoms with Crippen LogP contribution in [0.4, 0.5) is 5.69 Å². The van der Waals surface area contributed by atoms with Crippen LogP contribution < -0.4 is 10.7 Å². The summed E-state index contributed by atoms with van der Waals surface area (Å²) in [5, 5.41) is 22.6. The molecule has 0 amide bonds. The molecule has 0 atom stereocenters. The number of hydrogen-bond acceptors (Lipinski definition) is 4. The van der Waals surface area contributed by atoms with Crippen molar-refractivity contribution in [3.63, 3.8) is 0 Å². The van der Waals surface area contributed by atoms with Gasteiger partial charge in [0.2, 0.25) is 0 Å². The van der Waals surface area contributed by atoms with Crippen LogP contribution in [0.2, 0.25) is 0 Å². The van der Waals surface area contributed by atoms with E-state index in [0.29, 0.717) is 22.3 Å². The summed E-state index contributed by atoms with van der Waals surface area (Å²) in [5.74, 6) is -1.42. The Morgan fingerprint density at radius 3 is 2.23 bits per heavy atom. The highest BCUT2D eigenvalue weighted by Gasteiger charge is 2.15. The maximum atomic E-state index is 13.4. The third kappa shape index (κ3) is 3.35. The van der Waals surface area contributed by atoms with Crippen LogP contribution >= 0.6 is 0 Å². The minimum atomic E-state index is -1.04. The van der Waals surface area contributed by atoms with Gasteiger partial charge in [-0.15, -0.1) is 0 Å². The molecule has 0 saturated carbocycles. The first-order valence-corrected chi connectivity index (χ1v) is 9.26. The summed E-state index contributed by atoms with van der Waals surface area (Å²) >= 11 is 0. The molecule has 0 aliphatic rings. The first kappa shape index (κ1) is 19.1. The van der Waals surface area contributed by atoms with Crippen molar-refractivity contribution in [3.05, 3.63) is 100 Å². The molecule has 6 nitrogen and oxygen atoms in total. The highest BCUT2D eigenvalue weighted by molar-refractivity contribution is 6.06. The predicted molar refractivity (Wildman–Crippen MR) is 114 cm³/mol. The lowest BCUT2D eigenvalue weighted by molar-refractivity contribution is -0.266. The summed E-state index contributed by atoms with van der Waals surface area (Å²) in [6.45, 7) is 1.60. The van der Waals surface area contributed by atoms with E-state index in [4.69, 9.17) is 5.11 Å². The predicted octanol–water partition coefficient (Wildman–Crippen LogP) is 3.90. The van der Waals surface area contributed by atoms with E-state index >= 15 is 0 Å². The second-order valence-electron chi connectivity index (χ2n) is 6.75. The monoisotopic (exact) mass is 397 g/mol. The molecular formula is C24H17N2O4-. The topological polar surface area (TPSA) is 94.7 Å². The number of carboxylic acids is 1. The number of nitrogens with zero attached hydrogens (tertiary/aromatic N) is 2. The van der Waals surface area contributed by atoms with Crippen molar-refractivity contribution in [1.29, 1.82) is 0 Å². The second kappa shape index (κ2) is 7.67. The standard InChI is InChI=1S/C24H18N2O4/c1-15(25-17-13-11-16(12-14-17)24(29)30)21-22(27)19-9-5-6-10-20(19)26(23(21)28)18-7-3-2-4-8-18/h2-14,27H,1H3,(H,29,30)/p-1. The molecule has 0 spiro atoms. The molecule has 0 aliphatic carbocycles. The molecular weight excluding hydrogens is 380 g/mol. The van der Waals surface area contributed by atoms with E-state index in [1.165, 1.54) is 28.8 Å². The highest BCUT2D eigenvalue weighted by atomic mass is 16.4. The van der Waals surface area contributed by atoms with Gasteiger partial charge in [0.1, 0.15) is 0 Å². The molecule has 148 valence electrons. The van der Waals surface area contributed by atoms with Crippen LogP contribution in [0.25, 0.3) is 16.6 Å². The number of hydrogen-bond donors (Lipinski definition) is 1. The fourth-order valence-electron chi connectivity index (χ4n) is 3.39. The summed E-state index contributed by atoms with van der Waals surface area (Å²) in [4.78, 5) is 28.8. The van der Waals surface area contributed by atoms with Gasteiger partial charge in [0.25, 0.3) is 5.56 Å². The minimum absolute atomic E-state index is 0.0140. The summed E-state index contributed by atoms with van der Waals surface area (Å²) in [5.41, 5.74) is 1.57. The zero-order valence-electron chi connectivity index (χ0n) is 16.1. The molecule has 0 saturated heterocycles. The van der Waals surface area contributed by atoms with E-state index in [-0.39, 0.29) is 22.6 Å². The molecule has 4 rings (SSSR count). The fourth-order valence-corrected chi connectivity index (χ4v) is 3.39. The van der Waals surface area contributed by atoms with Crippen molar-refractivity contribution in [2.24, 2.45) is 4.99 Å². The van der Waals surface area contributed by atoms with Gasteiger partial charge in [0.15, 0.2) is 0 Å². The third-order valence-electron chi connectivity index (χ3n) is 4.82. The molecule has 30 heavy (non-hydrogen) atoms. The van der Waals surface area contributed by atoms with Gasteiger partial charge in [0.05, 0.1) is 28.0 Å². The van der Waals surface area contributed by atoms with E-state index in [1.807, 2.05) is 18.2 Å². The minimum Gasteiger partial charge on any atom is -0.871 e. The molecule has 1 aromatic heterocycles. The van der Waals surface area contributed by atoms with Gasteiger partial charge in [-0.3, -0.25) is 14.4 Å². The van der Waals surface area contributed by atoms with Gasteiger partial charge in [0, 0.05) is 5.69 Å². The summed E-state index contributed by atoms with van der Waals surface area (Å²) in [6.07, 6.45) is 0. The second-order valence-corrected chi connectivity index (χ2v) is 6.75. The van der Waals surface area contributed by atoms with Gasteiger partial charge in [-0.1, -0.05) is 42.1 Å². The van der Waals surface area contributed by atoms with Crippen LogP contribution in [-0.2, 0) is 0 Å². The summed E-state index contributed by atoms with van der Waals surface area (Å²) in [7, 11) is 0. The number of para-hydroxylation sites is 2. The first-order valence-electron chi connectivity index (χ1n) is 9.26. The van der Waals surface area contributed by atoms with E-state index < -0.39 is 11.5 Å². The Labute approximate surface area is 172 Å². The Kier molecular flexibility index (Phi) is 4.90. The van der Waals surface area contributed by atoms with E-state index in [1.54, 1.807) is 43.3 Å². The average molecular weight is 397 g/mol. The Balaban J connectivity index is 1.95. The Morgan fingerprint density at radius 2 is 1.57 bits per heavy atom. The van der Waals surface area contributed by atoms with Crippen molar-refractivity contribution in [2.75, 3.05) is 0 Å². The van der Waals surface area contributed by atoms with Crippen LogP contribution in [0.5, 0.6) is 5.75 Å². The molecule has 0 aliphatic heterocycles. The van der Waals surface area contributed by atoms with Crippen molar-refractivity contribution in [2.45, 2.75) is 6.92 Å². The van der Waals surface area contributed by atoms with Crippen LogP contribution in [0, 0.1) is 0 Å². The fraction of sp³-hybridized carbons (Fsp3) is 0.0417. The normalized spacial score (nSPS) is 11.6. The summed E-state index contributed by atoms with van der Waals surface area (Å²) in [6, 6.07) is 22.0. The molecule has 0 bridgehead atoms. The Hall–Kier alpha value is -4.19. The molecule has 1 N–H and O–H groups in total. The molecule has 1 heterocycles. The zero-order chi connectivity index (χ0) is 21.3. The van der Waals surface area contributed by atoms with Gasteiger partial charge in [-0.2, -0.15) is 0 Å². The van der Waals surface area contributed by atoms with Crippen molar-refractivity contribution in [3.8, 4) is 11.4 Å². The highest BCUT2D eigenvalue weighted by Crippen LogP contribution is 2.27. The molecule has 6 heteroatoms. The van der Waals surface area contributed by atoms with E-state index in [0.717, 1.165) is 0 Å². The number of aliphatic imine (C=N–C) groups is 1. The van der Waals surface area contributed by atoms with Crippen LogP contribution in [0.3, 0.4) is 0 Å². The number of pyridine rings is 1. The Bertz CT molecular complexity index is 1340. The van der Waals surface area contributed by atoms with Crippen molar-refractivity contribution in [1.82, 2.24) is 4.57 Å². The number of benzene rings is 3. The van der Waals surface area contributed by atoms with Crippen molar-refractivity contribution >= 4 is 28.3 Å². The van der Waals surface area contributed by atoms with Gasteiger partial charge in [-0.05, 0) is 54.8 Å². The molecule has 0 fully saturated rings. The number of carboxylic acid groups (broad SMARTS) is 1. The molecule has 0 unspecified atom stereocenters. The molecule has 0 radical (unpaired) electrons. The third-order valence-corrected chi connectivity index (χ3v) is 4.82. The van der Waals surface area contributed by atoms with Crippen LogP contribution in [0.1, 0.15) is 22.8 Å². The van der Waals surface area contributed by atoms with Crippen molar-refractivity contribution < 1.29 is 15.0 Å². The Morgan fingerprint density at radius 1 is 0.933 bits per heavy atom. The lowest BCUT2D eigenvalue weighted by Crippen LogP contribution is -2.27. The number of fused-ring (bicyclic) bond motifs is 1. The number of aromatic carboxylic acids is 1. The van der Waals surface area contributed by atoms with Crippen LogP contribution in [-0.4, -0.2) is 21.4 Å².